The number of aliphatic hydroxyl groups excluding tert-OH is 3. The molecular formula is C20H44B2O9P2. The minimum atomic E-state index is -4.40. The van der Waals surface area contributed by atoms with Crippen molar-refractivity contribution >= 4 is 30.3 Å². The number of ether oxygens (including phenoxy) is 1. The third-order valence-electron chi connectivity index (χ3n) is 7.79. The summed E-state index contributed by atoms with van der Waals surface area (Å²) in [6, 6.07) is -0.527. The molecule has 0 amide bonds. The summed E-state index contributed by atoms with van der Waals surface area (Å²) >= 11 is 0. The monoisotopic (exact) mass is 512 g/mol. The Kier molecular flexibility index (Phi) is 10.6. The Balaban J connectivity index is 3.39. The maximum Gasteiger partial charge on any atom is 0.356 e. The molecule has 0 bridgehead atoms. The van der Waals surface area contributed by atoms with Gasteiger partial charge in [-0.25, -0.2) is 0 Å². The SMILES string of the molecule is B[C@@H]1O[C@H](CC(C)(CC)OP(B)(=O)C(CC)(CC)C(C)(CC)OP(=O)(O)C(C)O)[C@@H](O)[C@H]1O. The van der Waals surface area contributed by atoms with Crippen LogP contribution in [0.5, 0.6) is 0 Å². The Morgan fingerprint density at radius 2 is 1.52 bits per heavy atom. The van der Waals surface area contributed by atoms with Crippen molar-refractivity contribution in [2.75, 3.05) is 0 Å². The average Bonchev–Trinajstić information content (AvgIpc) is 2.94. The van der Waals surface area contributed by atoms with E-state index >= 15 is 0 Å². The van der Waals surface area contributed by atoms with Gasteiger partial charge in [-0.2, -0.15) is 0 Å². The van der Waals surface area contributed by atoms with Crippen LogP contribution in [0.25, 0.3) is 0 Å². The molecule has 0 saturated carbocycles. The van der Waals surface area contributed by atoms with Crippen LogP contribution in [0.15, 0.2) is 0 Å². The molecule has 0 aliphatic carbocycles. The molecule has 1 aliphatic rings. The molecule has 9 nitrogen and oxygen atoms in total. The summed E-state index contributed by atoms with van der Waals surface area (Å²) in [6.07, 6.45) is -1.14. The van der Waals surface area contributed by atoms with Crippen molar-refractivity contribution in [3.05, 3.63) is 0 Å². The Labute approximate surface area is 200 Å². The van der Waals surface area contributed by atoms with Crippen molar-refractivity contribution in [2.24, 2.45) is 0 Å². The fourth-order valence-electron chi connectivity index (χ4n) is 5.13. The zero-order chi connectivity index (χ0) is 26.0. The van der Waals surface area contributed by atoms with Gasteiger partial charge in [0.05, 0.1) is 28.5 Å². The van der Waals surface area contributed by atoms with E-state index in [2.05, 4.69) is 0 Å². The van der Waals surface area contributed by atoms with Crippen molar-refractivity contribution in [1.29, 1.82) is 0 Å². The molecule has 5 unspecified atom stereocenters. The molecule has 13 heteroatoms. The van der Waals surface area contributed by atoms with E-state index in [9.17, 15) is 29.3 Å². The van der Waals surface area contributed by atoms with Crippen LogP contribution in [0.2, 0.25) is 0 Å². The number of rotatable bonds is 13. The largest absolute Gasteiger partial charge is 0.388 e. The normalized spacial score (nSPS) is 32.3. The quantitative estimate of drug-likeness (QED) is 0.214. The molecular weight excluding hydrogens is 468 g/mol. The van der Waals surface area contributed by atoms with Gasteiger partial charge in [0.1, 0.15) is 20.1 Å². The first-order valence-corrected chi connectivity index (χ1v) is 15.6. The first-order chi connectivity index (χ1) is 14.9. The Hall–Kier alpha value is 0.310. The van der Waals surface area contributed by atoms with Gasteiger partial charge in [-0.15, -0.1) is 0 Å². The van der Waals surface area contributed by atoms with Crippen LogP contribution in [-0.4, -0.2) is 82.1 Å². The van der Waals surface area contributed by atoms with E-state index in [4.69, 9.17) is 13.8 Å². The van der Waals surface area contributed by atoms with E-state index in [0.717, 1.165) is 0 Å². The van der Waals surface area contributed by atoms with Crippen LogP contribution < -0.4 is 0 Å². The molecule has 1 heterocycles. The van der Waals surface area contributed by atoms with Crippen LogP contribution in [0.4, 0.5) is 0 Å². The Morgan fingerprint density at radius 1 is 1.00 bits per heavy atom. The lowest BCUT2D eigenvalue weighted by Gasteiger charge is -2.52. The molecule has 33 heavy (non-hydrogen) atoms. The summed E-state index contributed by atoms with van der Waals surface area (Å²) in [7, 11) is -4.76. The van der Waals surface area contributed by atoms with Crippen molar-refractivity contribution in [2.45, 2.75) is 127 Å². The number of hydrogen-bond acceptors (Lipinski definition) is 8. The van der Waals surface area contributed by atoms with Gasteiger partial charge in [0.15, 0.2) is 13.1 Å². The maximum atomic E-state index is 14.4. The van der Waals surface area contributed by atoms with E-state index in [0.29, 0.717) is 19.3 Å². The van der Waals surface area contributed by atoms with Crippen molar-refractivity contribution in [3.63, 3.8) is 0 Å². The van der Waals surface area contributed by atoms with Gasteiger partial charge in [0, 0.05) is 6.42 Å². The number of hydrogen-bond donors (Lipinski definition) is 4. The molecule has 9 atom stereocenters. The molecule has 4 N–H and O–H groups in total. The lowest BCUT2D eigenvalue weighted by atomic mass is 9.82. The molecule has 0 aromatic rings. The fraction of sp³-hybridized carbons (Fsp3) is 1.00. The van der Waals surface area contributed by atoms with Gasteiger partial charge in [0.25, 0.3) is 0 Å². The number of aliphatic hydroxyl groups is 3. The van der Waals surface area contributed by atoms with Gasteiger partial charge in [-0.05, 0) is 46.5 Å². The van der Waals surface area contributed by atoms with Gasteiger partial charge in [-0.1, -0.05) is 27.7 Å². The third-order valence-corrected chi connectivity index (χ3v) is 12.8. The van der Waals surface area contributed by atoms with Gasteiger partial charge >= 0.3 is 7.60 Å². The fourth-order valence-corrected chi connectivity index (χ4v) is 9.67. The lowest BCUT2D eigenvalue weighted by molar-refractivity contribution is -0.0386. The smallest absolute Gasteiger partial charge is 0.356 e. The minimum absolute atomic E-state index is 0.212. The molecule has 194 valence electrons. The predicted molar refractivity (Wildman–Crippen MR) is 134 cm³/mol. The Bertz CT molecular complexity index is 751. The standard InChI is InChI=1S/C20H44B2O9P2/c1-8-18(6,12-14-15(24)16(25)17(21)29-14)30-33(22,28)20(10-3,11-4)19(7,9-2)31-32(26,27)13(5)23/h13-17,23-25H,8-12,21-22H2,1-7H3,(H,26,27)/t13?,14-,15-,16-,17-,18?,19?,33?/m1/s1. The molecule has 1 saturated heterocycles. The summed E-state index contributed by atoms with van der Waals surface area (Å²) in [4.78, 5) is 10.3. The molecule has 0 radical (unpaired) electrons. The van der Waals surface area contributed by atoms with Gasteiger partial charge < -0.3 is 34.0 Å². The van der Waals surface area contributed by atoms with Crippen LogP contribution in [-0.2, 0) is 22.9 Å². The zero-order valence-corrected chi connectivity index (χ0v) is 23.4. The highest BCUT2D eigenvalue weighted by atomic mass is 31.2. The second kappa shape index (κ2) is 11.1. The lowest BCUT2D eigenvalue weighted by Crippen LogP contribution is -2.54. The van der Waals surface area contributed by atoms with Crippen LogP contribution in [0.3, 0.4) is 0 Å². The molecule has 0 aromatic carbocycles. The van der Waals surface area contributed by atoms with E-state index in [1.54, 1.807) is 28.6 Å². The molecule has 1 aliphatic heterocycles. The summed E-state index contributed by atoms with van der Waals surface area (Å²) in [5, 5.41) is 29.1. The van der Waals surface area contributed by atoms with E-state index in [-0.39, 0.29) is 12.8 Å². The highest BCUT2D eigenvalue weighted by molar-refractivity contribution is 7.84. The van der Waals surface area contributed by atoms with E-state index < -0.39 is 61.4 Å². The summed E-state index contributed by atoms with van der Waals surface area (Å²) in [6.45, 7) is 12.0. The van der Waals surface area contributed by atoms with Crippen LogP contribution in [0, 0.1) is 0 Å². The van der Waals surface area contributed by atoms with Crippen molar-refractivity contribution < 1.29 is 43.1 Å². The molecule has 0 aromatic heterocycles. The first-order valence-electron chi connectivity index (χ1n) is 11.9. The predicted octanol–water partition coefficient (Wildman–Crippen LogP) is 1.74. The topological polar surface area (TPSA) is 143 Å². The first kappa shape index (κ1) is 31.3. The highest BCUT2D eigenvalue weighted by Crippen LogP contribution is 2.69. The summed E-state index contributed by atoms with van der Waals surface area (Å²) in [5.74, 6) is -1.60. The summed E-state index contributed by atoms with van der Waals surface area (Å²) in [5.41, 5.74) is -2.29. The third kappa shape index (κ3) is 6.18. The minimum Gasteiger partial charge on any atom is -0.388 e. The average molecular weight is 512 g/mol. The van der Waals surface area contributed by atoms with Crippen LogP contribution >= 0.6 is 14.8 Å². The van der Waals surface area contributed by atoms with E-state index in [1.807, 2.05) is 20.8 Å². The maximum absolute atomic E-state index is 14.4. The summed E-state index contributed by atoms with van der Waals surface area (Å²) < 4.78 is 44.9. The Morgan fingerprint density at radius 3 is 1.85 bits per heavy atom. The van der Waals surface area contributed by atoms with E-state index in [1.165, 1.54) is 14.5 Å². The van der Waals surface area contributed by atoms with Gasteiger partial charge in [0.2, 0.25) is 7.57 Å². The van der Waals surface area contributed by atoms with Crippen molar-refractivity contribution in [1.82, 2.24) is 0 Å². The molecule has 1 rings (SSSR count). The van der Waals surface area contributed by atoms with Crippen molar-refractivity contribution in [3.8, 4) is 0 Å². The second-order valence-corrected chi connectivity index (χ2v) is 14.7. The molecule has 1 fully saturated rings. The van der Waals surface area contributed by atoms with Crippen LogP contribution in [0.1, 0.15) is 80.6 Å². The molecule has 0 spiro atoms. The zero-order valence-electron chi connectivity index (χ0n) is 21.6. The van der Waals surface area contributed by atoms with Gasteiger partial charge in [-0.3, -0.25) is 9.09 Å². The highest BCUT2D eigenvalue weighted by Gasteiger charge is 2.60. The second-order valence-electron chi connectivity index (χ2n) is 9.92.